The SMILES string of the molecule is CCn1nc(C)c2c1c(=O)n(Cc1ccco1)c(=O)n2CC(=O)Nc1cc(F)ccc1C. The van der Waals surface area contributed by atoms with Crippen molar-refractivity contribution >= 4 is 22.6 Å². The summed E-state index contributed by atoms with van der Waals surface area (Å²) in [5.74, 6) is -0.597. The summed E-state index contributed by atoms with van der Waals surface area (Å²) in [6, 6.07) is 7.37. The van der Waals surface area contributed by atoms with E-state index in [-0.39, 0.29) is 18.6 Å². The Kier molecular flexibility index (Phi) is 5.52. The van der Waals surface area contributed by atoms with Crippen molar-refractivity contribution in [2.45, 2.75) is 40.4 Å². The number of fused-ring (bicyclic) bond motifs is 1. The lowest BCUT2D eigenvalue weighted by Gasteiger charge is -2.13. The first-order valence-electron chi connectivity index (χ1n) is 10.1. The minimum atomic E-state index is -0.663. The topological polar surface area (TPSA) is 104 Å². The van der Waals surface area contributed by atoms with Gasteiger partial charge in [0.25, 0.3) is 5.56 Å². The molecule has 9 nitrogen and oxygen atoms in total. The molecule has 0 saturated heterocycles. The molecule has 3 aromatic heterocycles. The van der Waals surface area contributed by atoms with E-state index in [2.05, 4.69) is 10.4 Å². The van der Waals surface area contributed by atoms with Gasteiger partial charge >= 0.3 is 5.69 Å². The molecule has 1 aromatic carbocycles. The Morgan fingerprint density at radius 1 is 1.16 bits per heavy atom. The van der Waals surface area contributed by atoms with Gasteiger partial charge in [0.15, 0.2) is 5.52 Å². The summed E-state index contributed by atoms with van der Waals surface area (Å²) in [6.45, 7) is 5.19. The smallest absolute Gasteiger partial charge is 0.332 e. The highest BCUT2D eigenvalue weighted by Crippen LogP contribution is 2.17. The molecule has 0 fully saturated rings. The van der Waals surface area contributed by atoms with Crippen molar-refractivity contribution in [1.29, 1.82) is 0 Å². The number of hydrogen-bond acceptors (Lipinski definition) is 5. The molecule has 0 atom stereocenters. The van der Waals surface area contributed by atoms with E-state index in [1.165, 1.54) is 27.6 Å². The number of rotatable bonds is 6. The molecule has 0 saturated carbocycles. The number of aromatic nitrogens is 4. The van der Waals surface area contributed by atoms with E-state index in [1.807, 2.05) is 6.92 Å². The highest BCUT2D eigenvalue weighted by Gasteiger charge is 2.22. The second kappa shape index (κ2) is 8.29. The lowest BCUT2D eigenvalue weighted by molar-refractivity contribution is -0.116. The molecule has 0 aliphatic heterocycles. The zero-order valence-corrected chi connectivity index (χ0v) is 17.9. The number of furan rings is 1. The average molecular weight is 439 g/mol. The quantitative estimate of drug-likeness (QED) is 0.497. The van der Waals surface area contributed by atoms with Crippen LogP contribution in [0.5, 0.6) is 0 Å². The summed E-state index contributed by atoms with van der Waals surface area (Å²) < 4.78 is 22.7. The molecule has 10 heteroatoms. The average Bonchev–Trinajstić information content (AvgIpc) is 3.38. The van der Waals surface area contributed by atoms with Crippen LogP contribution in [-0.2, 0) is 24.4 Å². The molecule has 0 aliphatic rings. The first kappa shape index (κ1) is 21.3. The number of carbonyl (C=O) groups excluding carboxylic acids is 1. The summed E-state index contributed by atoms with van der Waals surface area (Å²) in [6.07, 6.45) is 1.45. The van der Waals surface area contributed by atoms with Crippen LogP contribution in [0.4, 0.5) is 10.1 Å². The van der Waals surface area contributed by atoms with Gasteiger partial charge in [-0.3, -0.25) is 23.4 Å². The Morgan fingerprint density at radius 2 is 1.94 bits per heavy atom. The van der Waals surface area contributed by atoms with Crippen LogP contribution in [0, 0.1) is 19.7 Å². The number of halogens is 1. The van der Waals surface area contributed by atoms with Crippen LogP contribution in [-0.4, -0.2) is 24.8 Å². The van der Waals surface area contributed by atoms with Gasteiger partial charge < -0.3 is 9.73 Å². The first-order valence-corrected chi connectivity index (χ1v) is 10.1. The Labute approximate surface area is 181 Å². The molecular weight excluding hydrogens is 417 g/mol. The van der Waals surface area contributed by atoms with Gasteiger partial charge in [-0.05, 0) is 50.6 Å². The van der Waals surface area contributed by atoms with Gasteiger partial charge in [-0.25, -0.2) is 9.18 Å². The van der Waals surface area contributed by atoms with Crippen LogP contribution in [0.1, 0.15) is 23.9 Å². The number of hydrogen-bond donors (Lipinski definition) is 1. The number of benzene rings is 1. The fourth-order valence-electron chi connectivity index (χ4n) is 3.70. The zero-order valence-electron chi connectivity index (χ0n) is 17.9. The highest BCUT2D eigenvalue weighted by atomic mass is 19.1. The fraction of sp³-hybridized carbons (Fsp3) is 0.273. The molecule has 0 spiro atoms. The van der Waals surface area contributed by atoms with Crippen molar-refractivity contribution < 1.29 is 13.6 Å². The van der Waals surface area contributed by atoms with Crippen LogP contribution < -0.4 is 16.6 Å². The summed E-state index contributed by atoms with van der Waals surface area (Å²) in [7, 11) is 0. The maximum Gasteiger partial charge on any atom is 0.332 e. The van der Waals surface area contributed by atoms with Crippen LogP contribution in [0.2, 0.25) is 0 Å². The molecule has 166 valence electrons. The molecule has 4 aromatic rings. The van der Waals surface area contributed by atoms with Gasteiger partial charge in [0, 0.05) is 12.2 Å². The van der Waals surface area contributed by atoms with Crippen LogP contribution >= 0.6 is 0 Å². The second-order valence-electron chi connectivity index (χ2n) is 7.45. The molecule has 3 heterocycles. The van der Waals surface area contributed by atoms with Crippen molar-refractivity contribution in [1.82, 2.24) is 18.9 Å². The maximum atomic E-state index is 13.6. The minimum absolute atomic E-state index is 0.0842. The Morgan fingerprint density at radius 3 is 2.62 bits per heavy atom. The van der Waals surface area contributed by atoms with Crippen LogP contribution in [0.3, 0.4) is 0 Å². The van der Waals surface area contributed by atoms with Crippen LogP contribution in [0.15, 0.2) is 50.6 Å². The number of nitrogens with one attached hydrogen (secondary N) is 1. The Bertz CT molecular complexity index is 1430. The lowest BCUT2D eigenvalue weighted by Crippen LogP contribution is -2.42. The van der Waals surface area contributed by atoms with Gasteiger partial charge in [-0.15, -0.1) is 0 Å². The molecule has 4 rings (SSSR count). The van der Waals surface area contributed by atoms with Gasteiger partial charge in [-0.2, -0.15) is 5.10 Å². The van der Waals surface area contributed by atoms with E-state index >= 15 is 0 Å². The third-order valence-corrected chi connectivity index (χ3v) is 5.24. The number of amides is 1. The first-order chi connectivity index (χ1) is 15.3. The van der Waals surface area contributed by atoms with Gasteiger partial charge in [0.2, 0.25) is 5.91 Å². The normalized spacial score (nSPS) is 11.2. The molecule has 32 heavy (non-hydrogen) atoms. The number of nitrogens with zero attached hydrogens (tertiary/aromatic N) is 4. The standard InChI is InChI=1S/C22H22FN5O4/c1-4-28-20-19(14(3)25-28)26(12-18(29)24-17-10-15(23)8-7-13(17)2)22(31)27(21(20)30)11-16-6-5-9-32-16/h5-10H,4,11-12H2,1-3H3,(H,24,29). The van der Waals surface area contributed by atoms with E-state index in [0.29, 0.717) is 34.8 Å². The highest BCUT2D eigenvalue weighted by molar-refractivity contribution is 5.92. The van der Waals surface area contributed by atoms with E-state index in [1.54, 1.807) is 32.0 Å². The van der Waals surface area contributed by atoms with Crippen molar-refractivity contribution in [2.75, 3.05) is 5.32 Å². The van der Waals surface area contributed by atoms with Crippen molar-refractivity contribution in [3.05, 3.63) is 80.3 Å². The van der Waals surface area contributed by atoms with E-state index < -0.39 is 23.0 Å². The number of carbonyl (C=O) groups is 1. The molecule has 0 radical (unpaired) electrons. The van der Waals surface area contributed by atoms with Gasteiger partial charge in [0.05, 0.1) is 18.5 Å². The Hall–Kier alpha value is -3.95. The largest absolute Gasteiger partial charge is 0.467 e. The van der Waals surface area contributed by atoms with Gasteiger partial charge in [-0.1, -0.05) is 6.07 Å². The van der Waals surface area contributed by atoms with E-state index in [0.717, 1.165) is 4.57 Å². The summed E-state index contributed by atoms with van der Waals surface area (Å²) in [5, 5.41) is 7.00. The summed E-state index contributed by atoms with van der Waals surface area (Å²) in [4.78, 5) is 39.3. The van der Waals surface area contributed by atoms with Crippen molar-refractivity contribution in [3.63, 3.8) is 0 Å². The molecule has 0 bridgehead atoms. The number of anilines is 1. The molecule has 1 amide bonds. The molecule has 0 aliphatic carbocycles. The maximum absolute atomic E-state index is 13.6. The monoisotopic (exact) mass is 439 g/mol. The lowest BCUT2D eigenvalue weighted by atomic mass is 10.2. The Balaban J connectivity index is 1.83. The predicted molar refractivity (Wildman–Crippen MR) is 116 cm³/mol. The molecular formula is C22H22FN5O4. The van der Waals surface area contributed by atoms with E-state index in [4.69, 9.17) is 4.42 Å². The van der Waals surface area contributed by atoms with Gasteiger partial charge in [0.1, 0.15) is 23.6 Å². The fourth-order valence-corrected chi connectivity index (χ4v) is 3.70. The van der Waals surface area contributed by atoms with Crippen LogP contribution in [0.25, 0.3) is 11.0 Å². The summed E-state index contributed by atoms with van der Waals surface area (Å²) in [5.41, 5.74) is 0.787. The molecule has 1 N–H and O–H groups in total. The molecule has 0 unspecified atom stereocenters. The third kappa shape index (κ3) is 3.75. The minimum Gasteiger partial charge on any atom is -0.467 e. The van der Waals surface area contributed by atoms with Crippen molar-refractivity contribution in [3.8, 4) is 0 Å². The third-order valence-electron chi connectivity index (χ3n) is 5.24. The van der Waals surface area contributed by atoms with E-state index in [9.17, 15) is 18.8 Å². The second-order valence-corrected chi connectivity index (χ2v) is 7.45. The van der Waals surface area contributed by atoms with Crippen molar-refractivity contribution in [2.24, 2.45) is 0 Å². The predicted octanol–water partition coefficient (Wildman–Crippen LogP) is 2.42. The zero-order chi connectivity index (χ0) is 23.0. The number of aryl methyl sites for hydroxylation is 3. The summed E-state index contributed by atoms with van der Waals surface area (Å²) >= 11 is 0.